The maximum atomic E-state index is 12.7. The molecule has 0 spiro atoms. The molecule has 6 heteroatoms. The van der Waals surface area contributed by atoms with Gasteiger partial charge in [0.05, 0.1) is 19.1 Å². The van der Waals surface area contributed by atoms with Gasteiger partial charge in [0.15, 0.2) is 0 Å². The quantitative estimate of drug-likeness (QED) is 0.0434. The van der Waals surface area contributed by atoms with Crippen LogP contribution in [-0.2, 0) is 9.53 Å². The number of hydrogen-bond acceptors (Lipinski definition) is 3. The minimum atomic E-state index is -1.89. The van der Waals surface area contributed by atoms with Crippen LogP contribution < -0.4 is 32.9 Å². The Labute approximate surface area is 302 Å². The number of carbonyl (C=O) groups excluding carboxylic acids is 1. The molecule has 0 radical (unpaired) electrons. The molecule has 3 aromatic carbocycles. The monoisotopic (exact) mass is 732 g/mol. The highest BCUT2D eigenvalue weighted by Crippen LogP contribution is 2.55. The van der Waals surface area contributed by atoms with E-state index in [1.165, 1.54) is 86.5 Å². The molecule has 260 valence electrons. The van der Waals surface area contributed by atoms with Gasteiger partial charge in [-0.25, -0.2) is 4.98 Å². The first-order valence-corrected chi connectivity index (χ1v) is 20.4. The third-order valence-electron chi connectivity index (χ3n) is 9.50. The van der Waals surface area contributed by atoms with E-state index in [2.05, 4.69) is 114 Å². The maximum absolute atomic E-state index is 12.7. The van der Waals surface area contributed by atoms with E-state index in [9.17, 15) is 4.79 Å². The molecule has 1 aromatic heterocycles. The zero-order valence-electron chi connectivity index (χ0n) is 29.2. The molecule has 0 aliphatic heterocycles. The van der Waals surface area contributed by atoms with Gasteiger partial charge in [0.1, 0.15) is 23.2 Å². The van der Waals surface area contributed by atoms with Gasteiger partial charge in [-0.2, -0.15) is 0 Å². The zero-order chi connectivity index (χ0) is 32.8. The first-order valence-electron chi connectivity index (χ1n) is 18.4. The van der Waals surface area contributed by atoms with E-state index in [1.54, 1.807) is 0 Å². The Morgan fingerprint density at radius 3 is 1.62 bits per heavy atom. The molecule has 0 saturated heterocycles. The maximum Gasteiger partial charge on any atom is 0.305 e. The Morgan fingerprint density at radius 1 is 0.667 bits per heavy atom. The van der Waals surface area contributed by atoms with E-state index in [0.717, 1.165) is 31.8 Å². The SMILES string of the molecule is CCCCCCCCCCC(CCCCCCC(=O)OCCC[P+](c1ccccc1)(c1ccccc1)c1ccccc1)n1ccnc1.[Br-]. The Balaban J connectivity index is 0.00000625. The fourth-order valence-corrected chi connectivity index (χ4v) is 11.2. The van der Waals surface area contributed by atoms with E-state index in [0.29, 0.717) is 19.1 Å². The molecule has 0 N–H and O–H groups in total. The number of aromatic nitrogens is 2. The zero-order valence-corrected chi connectivity index (χ0v) is 31.7. The molecule has 4 rings (SSSR count). The summed E-state index contributed by atoms with van der Waals surface area (Å²) in [5.74, 6) is -0.0564. The number of nitrogens with zero attached hydrogens (tertiary/aromatic N) is 2. The molecule has 1 atom stereocenters. The van der Waals surface area contributed by atoms with E-state index < -0.39 is 7.26 Å². The number of unbranched alkanes of at least 4 members (excludes halogenated alkanes) is 10. The second kappa shape index (κ2) is 23.6. The lowest BCUT2D eigenvalue weighted by atomic mass is 10.00. The molecule has 48 heavy (non-hydrogen) atoms. The molecule has 4 nitrogen and oxygen atoms in total. The van der Waals surface area contributed by atoms with Crippen molar-refractivity contribution in [1.29, 1.82) is 0 Å². The van der Waals surface area contributed by atoms with Crippen molar-refractivity contribution < 1.29 is 26.5 Å². The van der Waals surface area contributed by atoms with E-state index in [1.807, 2.05) is 12.5 Å². The molecular weight excluding hydrogens is 675 g/mol. The molecule has 1 unspecified atom stereocenters. The predicted molar refractivity (Wildman–Crippen MR) is 202 cm³/mol. The van der Waals surface area contributed by atoms with Crippen LogP contribution in [0.5, 0.6) is 0 Å². The van der Waals surface area contributed by atoms with Crippen molar-refractivity contribution in [1.82, 2.24) is 9.55 Å². The van der Waals surface area contributed by atoms with Crippen LogP contribution >= 0.6 is 7.26 Å². The van der Waals surface area contributed by atoms with Gasteiger partial charge < -0.3 is 26.3 Å². The summed E-state index contributed by atoms with van der Waals surface area (Å²) in [5, 5.41) is 4.12. The number of imidazole rings is 1. The Bertz CT molecular complexity index is 1260. The van der Waals surface area contributed by atoms with Crippen LogP contribution in [0.15, 0.2) is 110 Å². The highest BCUT2D eigenvalue weighted by molar-refractivity contribution is 7.95. The highest BCUT2D eigenvalue weighted by Gasteiger charge is 2.44. The van der Waals surface area contributed by atoms with E-state index in [-0.39, 0.29) is 23.0 Å². The van der Waals surface area contributed by atoms with Gasteiger partial charge in [0.25, 0.3) is 0 Å². The summed E-state index contributed by atoms with van der Waals surface area (Å²) < 4.78 is 8.11. The van der Waals surface area contributed by atoms with Crippen molar-refractivity contribution in [2.75, 3.05) is 12.8 Å². The fraction of sp³-hybridized carbons (Fsp3) is 0.476. The van der Waals surface area contributed by atoms with Gasteiger partial charge >= 0.3 is 5.97 Å². The first-order chi connectivity index (χ1) is 23.2. The minimum absolute atomic E-state index is 0. The molecule has 4 aromatic rings. The largest absolute Gasteiger partial charge is 1.00 e. The van der Waals surface area contributed by atoms with Crippen molar-refractivity contribution >= 4 is 29.1 Å². The van der Waals surface area contributed by atoms with Crippen molar-refractivity contribution in [2.24, 2.45) is 0 Å². The Hall–Kier alpha value is -2.75. The van der Waals surface area contributed by atoms with Crippen molar-refractivity contribution in [2.45, 2.75) is 116 Å². The molecule has 0 aliphatic carbocycles. The lowest BCUT2D eigenvalue weighted by molar-refractivity contribution is -0.143. The summed E-state index contributed by atoms with van der Waals surface area (Å²) >= 11 is 0. The number of ether oxygens (including phenoxy) is 1. The van der Waals surface area contributed by atoms with Gasteiger partial charge in [-0.1, -0.05) is 132 Å². The van der Waals surface area contributed by atoms with Gasteiger partial charge in [-0.15, -0.1) is 0 Å². The number of rotatable bonds is 24. The van der Waals surface area contributed by atoms with Crippen molar-refractivity contribution in [3.05, 3.63) is 110 Å². The highest BCUT2D eigenvalue weighted by atomic mass is 79.9. The third-order valence-corrected chi connectivity index (χ3v) is 14.0. The van der Waals surface area contributed by atoms with Crippen molar-refractivity contribution in [3.8, 4) is 0 Å². The summed E-state index contributed by atoms with van der Waals surface area (Å²) in [6.07, 6.45) is 26.0. The summed E-state index contributed by atoms with van der Waals surface area (Å²) in [7, 11) is -1.89. The lowest BCUT2D eigenvalue weighted by Gasteiger charge is -2.27. The molecule has 0 aliphatic rings. The van der Waals surface area contributed by atoms with Crippen LogP contribution in [0.3, 0.4) is 0 Å². The van der Waals surface area contributed by atoms with Crippen LogP contribution in [0.25, 0.3) is 0 Å². The van der Waals surface area contributed by atoms with Crippen molar-refractivity contribution in [3.63, 3.8) is 0 Å². The fourth-order valence-electron chi connectivity index (χ4n) is 6.89. The lowest BCUT2D eigenvalue weighted by Crippen LogP contribution is -3.00. The minimum Gasteiger partial charge on any atom is -1.00 e. The molecule has 1 heterocycles. The molecule has 0 saturated carbocycles. The number of halogens is 1. The molecule has 0 amide bonds. The van der Waals surface area contributed by atoms with E-state index >= 15 is 0 Å². The van der Waals surface area contributed by atoms with Crippen LogP contribution in [0, 0.1) is 0 Å². The van der Waals surface area contributed by atoms with Gasteiger partial charge in [0, 0.05) is 31.3 Å². The Kier molecular flexibility index (Phi) is 19.5. The van der Waals surface area contributed by atoms with E-state index in [4.69, 9.17) is 4.74 Å². The average molecular weight is 734 g/mol. The second-order valence-electron chi connectivity index (χ2n) is 13.0. The van der Waals surface area contributed by atoms with Gasteiger partial charge in [-0.05, 0) is 55.7 Å². The Morgan fingerprint density at radius 2 is 1.15 bits per heavy atom. The second-order valence-corrected chi connectivity index (χ2v) is 16.6. The van der Waals surface area contributed by atoms with Crippen LogP contribution in [-0.4, -0.2) is 28.3 Å². The smallest absolute Gasteiger partial charge is 0.305 e. The summed E-state index contributed by atoms with van der Waals surface area (Å²) in [4.78, 5) is 17.0. The summed E-state index contributed by atoms with van der Waals surface area (Å²) in [5.41, 5.74) is 0. The predicted octanol–water partition coefficient (Wildman–Crippen LogP) is 7.23. The summed E-state index contributed by atoms with van der Waals surface area (Å²) in [6, 6.07) is 33.3. The molecule has 0 bridgehead atoms. The summed E-state index contributed by atoms with van der Waals surface area (Å²) in [6.45, 7) is 2.75. The molecule has 0 fully saturated rings. The standard InChI is InChI=1S/C42H58N2O2P.BrH/c1-2-3-4-5-6-7-8-14-24-38(44-34-33-43-37-44)25-15-9-10-22-32-42(45)46-35-23-36-47(39-26-16-11-17-27-39,40-28-18-12-19-29-40)41-30-20-13-21-31-41;/h11-13,16-21,26-31,33-34,37-38H,2-10,14-15,22-25,32,35-36H2,1H3;1H/q+1;/p-1. The normalized spacial score (nSPS) is 11.9. The third kappa shape index (κ3) is 12.9. The number of benzene rings is 3. The molecular formula is C42H58BrN2O2P. The first kappa shape index (κ1) is 39.7. The van der Waals surface area contributed by atoms with Crippen LogP contribution in [0.2, 0.25) is 0 Å². The number of hydrogen-bond donors (Lipinski definition) is 0. The number of esters is 1. The number of carbonyl (C=O) groups is 1. The van der Waals surface area contributed by atoms with Gasteiger partial charge in [-0.3, -0.25) is 4.79 Å². The van der Waals surface area contributed by atoms with Crippen LogP contribution in [0.1, 0.15) is 116 Å². The average Bonchev–Trinajstić information content (AvgIpc) is 3.66. The topological polar surface area (TPSA) is 44.1 Å². The van der Waals surface area contributed by atoms with Crippen LogP contribution in [0.4, 0.5) is 0 Å². The van der Waals surface area contributed by atoms with Gasteiger partial charge in [0.2, 0.25) is 0 Å².